The lowest BCUT2D eigenvalue weighted by Gasteiger charge is -2.30. The number of fused-ring (bicyclic) bond motifs is 1. The van der Waals surface area contributed by atoms with Crippen molar-refractivity contribution in [3.05, 3.63) is 118 Å². The number of nitrogens with zero attached hydrogens (tertiary/aromatic N) is 1. The van der Waals surface area contributed by atoms with Crippen LogP contribution in [0.1, 0.15) is 25.8 Å². The summed E-state index contributed by atoms with van der Waals surface area (Å²) in [5.74, 6) is 0. The first-order valence-electron chi connectivity index (χ1n) is 9.78. The van der Waals surface area contributed by atoms with Crippen molar-refractivity contribution in [3.8, 4) is 0 Å². The van der Waals surface area contributed by atoms with Crippen molar-refractivity contribution in [1.29, 1.82) is 0 Å². The molecule has 1 heterocycles. The highest BCUT2D eigenvalue weighted by Gasteiger charge is 2.29. The van der Waals surface area contributed by atoms with Gasteiger partial charge in [0, 0.05) is 45.3 Å². The number of nitrogens with one attached hydrogen (secondary N) is 1. The van der Waals surface area contributed by atoms with Crippen molar-refractivity contribution in [2.45, 2.75) is 25.5 Å². The highest BCUT2D eigenvalue weighted by Crippen LogP contribution is 2.44. The zero-order valence-electron chi connectivity index (χ0n) is 16.8. The lowest BCUT2D eigenvalue weighted by molar-refractivity contribution is 0.528. The second-order valence-electron chi connectivity index (χ2n) is 7.47. The Morgan fingerprint density at radius 1 is 1.34 bits per heavy atom. The molecule has 1 atom stereocenters. The van der Waals surface area contributed by atoms with Crippen LogP contribution in [-0.2, 0) is 0 Å². The standard InChI is InChI=1S/C26H24N2S/c1-4-24(19-11-15-27-16-12-19)28-22-7-6-13-26(3)14-10-20(17-21(26)18-22)25(5-2)29-23-8-9-23/h5,7-13,15-18,23,28H,1,14H2,2-3H3/b25-5-. The van der Waals surface area contributed by atoms with Gasteiger partial charge in [0.25, 0.3) is 0 Å². The Balaban J connectivity index is 1.63. The van der Waals surface area contributed by atoms with Gasteiger partial charge in [-0.3, -0.25) is 4.98 Å². The monoisotopic (exact) mass is 396 g/mol. The molecule has 0 aliphatic heterocycles. The molecule has 0 amide bonds. The molecule has 3 heteroatoms. The molecule has 0 saturated heterocycles. The summed E-state index contributed by atoms with van der Waals surface area (Å²) < 4.78 is 0. The number of thioether (sulfide) groups is 1. The molecule has 144 valence electrons. The number of hydrogen-bond acceptors (Lipinski definition) is 3. The van der Waals surface area contributed by atoms with Crippen LogP contribution in [0.3, 0.4) is 0 Å². The van der Waals surface area contributed by atoms with Crippen LogP contribution in [0.15, 0.2) is 113 Å². The Hall–Kier alpha value is -2.96. The van der Waals surface area contributed by atoms with Gasteiger partial charge >= 0.3 is 0 Å². The third-order valence-electron chi connectivity index (χ3n) is 5.24. The fraction of sp³-hybridized carbons (Fsp3) is 0.192. The lowest BCUT2D eigenvalue weighted by atomic mass is 9.75. The average molecular weight is 397 g/mol. The molecule has 0 fully saturated rings. The maximum Gasteiger partial charge on any atom is 0.0886 e. The van der Waals surface area contributed by atoms with Crippen molar-refractivity contribution in [2.24, 2.45) is 5.41 Å². The normalized spacial score (nSPS) is 22.7. The first-order valence-corrected chi connectivity index (χ1v) is 10.7. The molecule has 3 aliphatic rings. The molecule has 4 rings (SSSR count). The van der Waals surface area contributed by atoms with Crippen LogP contribution in [0.25, 0.3) is 5.70 Å². The molecule has 2 nitrogen and oxygen atoms in total. The van der Waals surface area contributed by atoms with E-state index in [-0.39, 0.29) is 5.41 Å². The van der Waals surface area contributed by atoms with E-state index in [1.807, 2.05) is 30.0 Å². The van der Waals surface area contributed by atoms with Crippen molar-refractivity contribution in [1.82, 2.24) is 10.3 Å². The zero-order chi connectivity index (χ0) is 20.3. The molecule has 1 aromatic rings. The summed E-state index contributed by atoms with van der Waals surface area (Å²) in [5.41, 5.74) is 11.7. The number of allylic oxidation sites excluding steroid dienone is 7. The van der Waals surface area contributed by atoms with Crippen LogP contribution < -0.4 is 5.32 Å². The average Bonchev–Trinajstić information content (AvgIpc) is 3.57. The van der Waals surface area contributed by atoms with E-state index < -0.39 is 0 Å². The van der Waals surface area contributed by atoms with Crippen LogP contribution in [0.4, 0.5) is 0 Å². The number of aromatic nitrogens is 1. The predicted molar refractivity (Wildman–Crippen MR) is 124 cm³/mol. The topological polar surface area (TPSA) is 24.9 Å². The van der Waals surface area contributed by atoms with E-state index in [1.165, 1.54) is 16.1 Å². The van der Waals surface area contributed by atoms with Crippen molar-refractivity contribution < 1.29 is 0 Å². The van der Waals surface area contributed by atoms with E-state index in [0.29, 0.717) is 5.25 Å². The van der Waals surface area contributed by atoms with E-state index in [0.717, 1.165) is 23.4 Å². The quantitative estimate of drug-likeness (QED) is 0.455. The van der Waals surface area contributed by atoms with Gasteiger partial charge in [-0.2, -0.15) is 0 Å². The minimum atomic E-state index is -0.0560. The second-order valence-corrected chi connectivity index (χ2v) is 8.69. The molecule has 0 aromatic carbocycles. The third kappa shape index (κ3) is 4.39. The molecule has 0 saturated carbocycles. The molecule has 29 heavy (non-hydrogen) atoms. The van der Waals surface area contributed by atoms with Gasteiger partial charge in [0.2, 0.25) is 0 Å². The summed E-state index contributed by atoms with van der Waals surface area (Å²) in [5, 5.41) is 4.01. The molecule has 1 N–H and O–H groups in total. The molecule has 1 aromatic heterocycles. The summed E-state index contributed by atoms with van der Waals surface area (Å²) in [4.78, 5) is 5.42. The van der Waals surface area contributed by atoms with Gasteiger partial charge < -0.3 is 5.32 Å². The van der Waals surface area contributed by atoms with Crippen LogP contribution in [-0.4, -0.2) is 10.2 Å². The largest absolute Gasteiger partial charge is 0.348 e. The fourth-order valence-electron chi connectivity index (χ4n) is 3.40. The molecule has 0 radical (unpaired) electrons. The predicted octanol–water partition coefficient (Wildman–Crippen LogP) is 6.24. The first-order chi connectivity index (χ1) is 14.1. The summed E-state index contributed by atoms with van der Waals surface area (Å²) in [6.07, 6.45) is 22.2. The Morgan fingerprint density at radius 3 is 2.83 bits per heavy atom. The number of hydrogen-bond donors (Lipinski definition) is 1. The van der Waals surface area contributed by atoms with E-state index >= 15 is 0 Å². The molecular formula is C26H24N2S. The Morgan fingerprint density at radius 2 is 2.14 bits per heavy atom. The maximum atomic E-state index is 4.09. The van der Waals surface area contributed by atoms with Crippen molar-refractivity contribution in [3.63, 3.8) is 0 Å². The third-order valence-corrected chi connectivity index (χ3v) is 6.55. The van der Waals surface area contributed by atoms with Crippen LogP contribution in [0.2, 0.25) is 0 Å². The number of rotatable bonds is 6. The van der Waals surface area contributed by atoms with Gasteiger partial charge in [-0.05, 0) is 54.9 Å². The molecule has 0 bridgehead atoms. The van der Waals surface area contributed by atoms with E-state index in [4.69, 9.17) is 0 Å². The SMILES string of the molecule is C=C=C(NC1=CC2=CC(/C(=C/C)SC3C=C3)=CCC2(C)C=C=C1)c1ccncc1. The lowest BCUT2D eigenvalue weighted by Crippen LogP contribution is -2.18. The fourth-order valence-corrected chi connectivity index (χ4v) is 4.36. The first kappa shape index (κ1) is 19.4. The minimum absolute atomic E-state index is 0.0560. The van der Waals surface area contributed by atoms with Gasteiger partial charge in [-0.25, -0.2) is 0 Å². The van der Waals surface area contributed by atoms with Crippen LogP contribution in [0, 0.1) is 5.41 Å². The van der Waals surface area contributed by atoms with Gasteiger partial charge in [0.15, 0.2) is 0 Å². The van der Waals surface area contributed by atoms with Gasteiger partial charge in [0.1, 0.15) is 0 Å². The highest BCUT2D eigenvalue weighted by molar-refractivity contribution is 8.04. The Labute approximate surface area is 177 Å². The highest BCUT2D eigenvalue weighted by atomic mass is 32.2. The van der Waals surface area contributed by atoms with Crippen molar-refractivity contribution in [2.75, 3.05) is 0 Å². The molecule has 1 unspecified atom stereocenters. The Bertz CT molecular complexity index is 1080. The van der Waals surface area contributed by atoms with E-state index in [1.54, 1.807) is 12.4 Å². The van der Waals surface area contributed by atoms with Crippen LogP contribution in [0.5, 0.6) is 0 Å². The van der Waals surface area contributed by atoms with E-state index in [9.17, 15) is 0 Å². The second kappa shape index (κ2) is 8.19. The summed E-state index contributed by atoms with van der Waals surface area (Å²) in [6, 6.07) is 3.90. The molecular weight excluding hydrogens is 372 g/mol. The van der Waals surface area contributed by atoms with Gasteiger partial charge in [-0.15, -0.1) is 23.2 Å². The summed E-state index contributed by atoms with van der Waals surface area (Å²) >= 11 is 1.91. The zero-order valence-corrected chi connectivity index (χ0v) is 17.6. The minimum Gasteiger partial charge on any atom is -0.348 e. The Kier molecular flexibility index (Phi) is 5.47. The molecule has 3 aliphatic carbocycles. The maximum absolute atomic E-state index is 4.09. The summed E-state index contributed by atoms with van der Waals surface area (Å²) in [7, 11) is 0. The van der Waals surface area contributed by atoms with Gasteiger partial charge in [0.05, 0.1) is 5.70 Å². The van der Waals surface area contributed by atoms with Gasteiger partial charge in [-0.1, -0.05) is 37.8 Å². The molecule has 0 spiro atoms. The smallest absolute Gasteiger partial charge is 0.0886 e. The van der Waals surface area contributed by atoms with E-state index in [2.05, 4.69) is 84.7 Å². The number of pyridine rings is 1. The van der Waals surface area contributed by atoms with Crippen molar-refractivity contribution >= 4 is 17.5 Å². The van der Waals surface area contributed by atoms with Crippen LogP contribution >= 0.6 is 11.8 Å². The summed E-state index contributed by atoms with van der Waals surface area (Å²) in [6.45, 7) is 8.23.